The lowest BCUT2D eigenvalue weighted by atomic mass is 10.0. The highest BCUT2D eigenvalue weighted by Gasteiger charge is 2.17. The van der Waals surface area contributed by atoms with Crippen molar-refractivity contribution in [3.8, 4) is 0 Å². The molecule has 2 atom stereocenters. The lowest BCUT2D eigenvalue weighted by Gasteiger charge is -2.13. The summed E-state index contributed by atoms with van der Waals surface area (Å²) in [4.78, 5) is 23.0. The Balaban J connectivity index is 0.000000283. The van der Waals surface area contributed by atoms with Crippen LogP contribution in [0.3, 0.4) is 0 Å². The first-order valence-corrected chi connectivity index (χ1v) is 11.1. The van der Waals surface area contributed by atoms with Crippen LogP contribution in [-0.2, 0) is 9.59 Å². The zero-order valence-electron chi connectivity index (χ0n) is 17.9. The Hall–Kier alpha value is -1.55. The van der Waals surface area contributed by atoms with Gasteiger partial charge in [-0.3, -0.25) is 9.59 Å². The monoisotopic (exact) mass is 408 g/mol. The Morgan fingerprint density at radius 2 is 1.46 bits per heavy atom. The largest absolute Gasteiger partial charge is 0.353 e. The van der Waals surface area contributed by atoms with Crippen LogP contribution in [0.5, 0.6) is 0 Å². The number of halogens is 1. The van der Waals surface area contributed by atoms with E-state index in [0.29, 0.717) is 35.7 Å². The van der Waals surface area contributed by atoms with Gasteiger partial charge in [0.1, 0.15) is 0 Å². The fourth-order valence-corrected chi connectivity index (χ4v) is 3.15. The van der Waals surface area contributed by atoms with Gasteiger partial charge in [0, 0.05) is 29.6 Å². The Labute approximate surface area is 175 Å². The molecule has 2 amide bonds. The van der Waals surface area contributed by atoms with Gasteiger partial charge in [0.2, 0.25) is 11.8 Å². The molecule has 0 spiro atoms. The number of hydrogen-bond acceptors (Lipinski definition) is 2. The predicted molar refractivity (Wildman–Crippen MR) is 119 cm³/mol. The zero-order valence-corrected chi connectivity index (χ0v) is 18.6. The molecule has 2 N–H and O–H groups in total. The fraction of sp³-hybridized carbons (Fsp3) is 0.652. The molecular weight excluding hydrogens is 372 g/mol. The molecule has 0 aromatic heterocycles. The van der Waals surface area contributed by atoms with Crippen LogP contribution in [0.4, 0.5) is 5.69 Å². The molecule has 1 aromatic rings. The second kappa shape index (κ2) is 13.6. The van der Waals surface area contributed by atoms with Crippen LogP contribution in [0, 0.1) is 11.8 Å². The molecule has 2 rings (SSSR count). The average molecular weight is 409 g/mol. The van der Waals surface area contributed by atoms with Gasteiger partial charge in [-0.15, -0.1) is 0 Å². The molecule has 1 aliphatic rings. The van der Waals surface area contributed by atoms with Crippen LogP contribution < -0.4 is 10.6 Å². The highest BCUT2D eigenvalue weighted by Crippen LogP contribution is 2.18. The van der Waals surface area contributed by atoms with E-state index in [0.717, 1.165) is 18.5 Å². The first-order valence-electron chi connectivity index (χ1n) is 10.7. The normalized spacial score (nSPS) is 15.9. The van der Waals surface area contributed by atoms with Gasteiger partial charge in [0.05, 0.1) is 0 Å². The van der Waals surface area contributed by atoms with Gasteiger partial charge in [-0.05, 0) is 48.9 Å². The smallest absolute Gasteiger partial charge is 0.224 e. The maximum absolute atomic E-state index is 11.5. The fourth-order valence-electron chi connectivity index (χ4n) is 3.02. The third-order valence-corrected chi connectivity index (χ3v) is 5.56. The first-order chi connectivity index (χ1) is 13.3. The van der Waals surface area contributed by atoms with Crippen molar-refractivity contribution in [1.82, 2.24) is 5.32 Å². The number of nitrogens with one attached hydrogen (secondary N) is 2. The molecule has 0 bridgehead atoms. The molecule has 2 unspecified atom stereocenters. The van der Waals surface area contributed by atoms with Gasteiger partial charge in [-0.25, -0.2) is 0 Å². The highest BCUT2D eigenvalue weighted by molar-refractivity contribution is 6.30. The minimum atomic E-state index is 0.0617. The Bertz CT molecular complexity index is 583. The Kier molecular flexibility index (Phi) is 11.9. The summed E-state index contributed by atoms with van der Waals surface area (Å²) in [6.45, 7) is 8.42. The van der Waals surface area contributed by atoms with Crippen molar-refractivity contribution in [2.24, 2.45) is 11.8 Å². The molecule has 0 saturated heterocycles. The minimum Gasteiger partial charge on any atom is -0.353 e. The Morgan fingerprint density at radius 1 is 0.964 bits per heavy atom. The van der Waals surface area contributed by atoms with Gasteiger partial charge in [-0.2, -0.15) is 0 Å². The van der Waals surface area contributed by atoms with Gasteiger partial charge in [0.25, 0.3) is 0 Å². The minimum absolute atomic E-state index is 0.0617. The summed E-state index contributed by atoms with van der Waals surface area (Å²) in [5, 5.41) is 6.62. The van der Waals surface area contributed by atoms with E-state index >= 15 is 0 Å². The quantitative estimate of drug-likeness (QED) is 0.538. The maximum Gasteiger partial charge on any atom is 0.224 e. The highest BCUT2D eigenvalue weighted by atomic mass is 35.5. The maximum atomic E-state index is 11.5. The number of hydrogen-bond donors (Lipinski definition) is 2. The van der Waals surface area contributed by atoms with Crippen LogP contribution in [-0.4, -0.2) is 17.9 Å². The Morgan fingerprint density at radius 3 is 1.96 bits per heavy atom. The lowest BCUT2D eigenvalue weighted by molar-refractivity contribution is -0.122. The van der Waals surface area contributed by atoms with Crippen LogP contribution in [0.15, 0.2) is 24.3 Å². The molecule has 1 fully saturated rings. The van der Waals surface area contributed by atoms with Gasteiger partial charge in [-0.1, -0.05) is 65.0 Å². The third kappa shape index (κ3) is 10.7. The molecule has 0 aliphatic heterocycles. The molecule has 0 radical (unpaired) electrons. The molecule has 158 valence electrons. The van der Waals surface area contributed by atoms with Gasteiger partial charge in [0.15, 0.2) is 0 Å². The molecule has 4 nitrogen and oxygen atoms in total. The number of carbonyl (C=O) groups is 2. The van der Waals surface area contributed by atoms with Crippen molar-refractivity contribution in [2.45, 2.75) is 85.1 Å². The molecule has 1 aromatic carbocycles. The van der Waals surface area contributed by atoms with Crippen LogP contribution in [0.1, 0.15) is 79.1 Å². The summed E-state index contributed by atoms with van der Waals surface area (Å²) in [5.74, 6) is 1.27. The van der Waals surface area contributed by atoms with E-state index in [1.54, 1.807) is 24.3 Å². The number of rotatable bonds is 8. The number of amides is 2. The molecule has 1 saturated carbocycles. The van der Waals surface area contributed by atoms with E-state index in [9.17, 15) is 9.59 Å². The number of carbonyl (C=O) groups excluding carboxylic acids is 2. The second-order valence-electron chi connectivity index (χ2n) is 8.04. The van der Waals surface area contributed by atoms with Crippen LogP contribution >= 0.6 is 11.6 Å². The van der Waals surface area contributed by atoms with E-state index < -0.39 is 0 Å². The predicted octanol–water partition coefficient (Wildman–Crippen LogP) is 6.20. The summed E-state index contributed by atoms with van der Waals surface area (Å²) in [6, 6.07) is 7.62. The van der Waals surface area contributed by atoms with Gasteiger partial charge >= 0.3 is 0 Å². The summed E-state index contributed by atoms with van der Waals surface area (Å²) < 4.78 is 0. The van der Waals surface area contributed by atoms with Crippen molar-refractivity contribution in [3.05, 3.63) is 29.3 Å². The SMILES string of the molecule is CCC(C)CC(=O)NC1CCCC1.CCC(C)CC(=O)Nc1ccc(Cl)cc1. The van der Waals surface area contributed by atoms with Crippen molar-refractivity contribution in [2.75, 3.05) is 5.32 Å². The standard InChI is InChI=1S/C12H16ClNO.C11H21NO/c1-3-9(2)8-12(15)14-11-6-4-10(13)5-7-11;1-3-9(2)8-11(13)12-10-6-4-5-7-10/h4-7,9H,3,8H2,1-2H3,(H,14,15);9-10H,3-8H2,1-2H3,(H,12,13). The van der Waals surface area contributed by atoms with Crippen LogP contribution in [0.2, 0.25) is 5.02 Å². The van der Waals surface area contributed by atoms with E-state index in [-0.39, 0.29) is 11.8 Å². The van der Waals surface area contributed by atoms with Crippen molar-refractivity contribution in [1.29, 1.82) is 0 Å². The first kappa shape index (κ1) is 24.5. The number of benzene rings is 1. The lowest BCUT2D eigenvalue weighted by Crippen LogP contribution is -2.33. The average Bonchev–Trinajstić information content (AvgIpc) is 3.16. The van der Waals surface area contributed by atoms with E-state index in [2.05, 4.69) is 38.3 Å². The van der Waals surface area contributed by atoms with Crippen molar-refractivity contribution in [3.63, 3.8) is 0 Å². The van der Waals surface area contributed by atoms with E-state index in [1.807, 2.05) is 0 Å². The summed E-state index contributed by atoms with van der Waals surface area (Å²) in [6.07, 6.45) is 8.33. The second-order valence-corrected chi connectivity index (χ2v) is 8.48. The third-order valence-electron chi connectivity index (χ3n) is 5.31. The summed E-state index contributed by atoms with van der Waals surface area (Å²) in [5.41, 5.74) is 0.799. The van der Waals surface area contributed by atoms with Gasteiger partial charge < -0.3 is 10.6 Å². The van der Waals surface area contributed by atoms with Crippen LogP contribution in [0.25, 0.3) is 0 Å². The number of anilines is 1. The van der Waals surface area contributed by atoms with E-state index in [4.69, 9.17) is 11.6 Å². The molecule has 1 aliphatic carbocycles. The summed E-state index contributed by atoms with van der Waals surface area (Å²) in [7, 11) is 0. The summed E-state index contributed by atoms with van der Waals surface area (Å²) >= 11 is 5.74. The van der Waals surface area contributed by atoms with Crippen molar-refractivity contribution >= 4 is 29.1 Å². The topological polar surface area (TPSA) is 58.2 Å². The van der Waals surface area contributed by atoms with Crippen molar-refractivity contribution < 1.29 is 9.59 Å². The molecule has 5 heteroatoms. The molecule has 0 heterocycles. The molecule has 28 heavy (non-hydrogen) atoms. The zero-order chi connectivity index (χ0) is 20.9. The van der Waals surface area contributed by atoms with E-state index in [1.165, 1.54) is 25.7 Å². The molecular formula is C23H37ClN2O2.